The van der Waals surface area contributed by atoms with Gasteiger partial charge in [0, 0.05) is 10.4 Å². The summed E-state index contributed by atoms with van der Waals surface area (Å²) in [4.78, 5) is 5.76. The Kier molecular flexibility index (Phi) is 3.36. The molecule has 1 heterocycles. The lowest BCUT2D eigenvalue weighted by molar-refractivity contribution is 0.985. The van der Waals surface area contributed by atoms with E-state index in [4.69, 9.17) is 5.73 Å². The number of rotatable bonds is 3. The van der Waals surface area contributed by atoms with Crippen molar-refractivity contribution in [1.29, 1.82) is 0 Å². The maximum atomic E-state index is 5.61. The lowest BCUT2D eigenvalue weighted by Crippen LogP contribution is -2.02. The van der Waals surface area contributed by atoms with E-state index in [1.54, 1.807) is 11.3 Å². The van der Waals surface area contributed by atoms with Crippen LogP contribution in [0.15, 0.2) is 23.7 Å². The van der Waals surface area contributed by atoms with Crippen molar-refractivity contribution in [2.24, 2.45) is 5.73 Å². The summed E-state index contributed by atoms with van der Waals surface area (Å²) in [6.45, 7) is 4.91. The normalized spacial score (nSPS) is 10.7. The molecule has 84 valence electrons. The Morgan fingerprint density at radius 2 is 2.12 bits per heavy atom. The third-order valence-electron chi connectivity index (χ3n) is 2.66. The minimum atomic E-state index is 0.681. The molecular formula is C13H16N2S. The fraction of sp³-hybridized carbons (Fsp3) is 0.308. The summed E-state index contributed by atoms with van der Waals surface area (Å²) >= 11 is 1.69. The Balaban J connectivity index is 2.49. The van der Waals surface area contributed by atoms with Crippen LogP contribution in [0.5, 0.6) is 0 Å². The van der Waals surface area contributed by atoms with Crippen molar-refractivity contribution < 1.29 is 0 Å². The maximum Gasteiger partial charge on any atom is 0.0846 e. The summed E-state index contributed by atoms with van der Waals surface area (Å²) in [5, 5.41) is 0. The molecule has 0 aliphatic rings. The Hall–Kier alpha value is -1.19. The highest BCUT2D eigenvalue weighted by molar-refractivity contribution is 7.10. The van der Waals surface area contributed by atoms with Gasteiger partial charge in [-0.2, -0.15) is 0 Å². The molecule has 0 unspecified atom stereocenters. The molecule has 1 aromatic carbocycles. The third-order valence-corrected chi connectivity index (χ3v) is 3.55. The van der Waals surface area contributed by atoms with Gasteiger partial charge in [0.2, 0.25) is 0 Å². The summed E-state index contributed by atoms with van der Waals surface area (Å²) in [5.41, 5.74) is 12.4. The molecule has 0 aliphatic carbocycles. The summed E-state index contributed by atoms with van der Waals surface area (Å²) in [5.74, 6) is 0. The van der Waals surface area contributed by atoms with E-state index in [-0.39, 0.29) is 0 Å². The minimum absolute atomic E-state index is 0.681. The number of aryl methyl sites for hydroxylation is 2. The minimum Gasteiger partial charge on any atom is -0.330 e. The molecule has 2 nitrogen and oxygen atoms in total. The predicted molar refractivity (Wildman–Crippen MR) is 69.8 cm³/mol. The molecule has 2 N–H and O–H groups in total. The van der Waals surface area contributed by atoms with Crippen molar-refractivity contribution in [3.63, 3.8) is 0 Å². The predicted octanol–water partition coefficient (Wildman–Crippen LogP) is 2.93. The van der Waals surface area contributed by atoms with Crippen LogP contribution in [-0.4, -0.2) is 11.5 Å². The molecule has 2 aromatic rings. The quantitative estimate of drug-likeness (QED) is 0.883. The first-order chi connectivity index (χ1) is 7.72. The van der Waals surface area contributed by atoms with Crippen LogP contribution >= 0.6 is 11.3 Å². The molecule has 2 rings (SSSR count). The summed E-state index contributed by atoms with van der Waals surface area (Å²) in [7, 11) is 0. The second-order valence-corrected chi connectivity index (χ2v) is 4.92. The maximum absolute atomic E-state index is 5.61. The van der Waals surface area contributed by atoms with Gasteiger partial charge in [0.1, 0.15) is 0 Å². The van der Waals surface area contributed by atoms with Gasteiger partial charge in [0.25, 0.3) is 0 Å². The van der Waals surface area contributed by atoms with Gasteiger partial charge in [-0.15, -0.1) is 11.3 Å². The molecule has 1 aromatic heterocycles. The van der Waals surface area contributed by atoms with Crippen LogP contribution in [0.1, 0.15) is 16.0 Å². The van der Waals surface area contributed by atoms with Gasteiger partial charge in [0.15, 0.2) is 0 Å². The zero-order chi connectivity index (χ0) is 11.5. The fourth-order valence-corrected chi connectivity index (χ4v) is 2.58. The average molecular weight is 232 g/mol. The zero-order valence-electron chi connectivity index (χ0n) is 9.66. The number of hydrogen-bond acceptors (Lipinski definition) is 3. The highest BCUT2D eigenvalue weighted by Gasteiger charge is 2.10. The highest BCUT2D eigenvalue weighted by Crippen LogP contribution is 2.29. The molecular weight excluding hydrogens is 216 g/mol. The first-order valence-corrected chi connectivity index (χ1v) is 6.30. The van der Waals surface area contributed by atoms with E-state index < -0.39 is 0 Å². The summed E-state index contributed by atoms with van der Waals surface area (Å²) in [6.07, 6.45) is 0.910. The summed E-state index contributed by atoms with van der Waals surface area (Å²) in [6, 6.07) is 6.48. The molecule has 0 bridgehead atoms. The van der Waals surface area contributed by atoms with Gasteiger partial charge >= 0.3 is 0 Å². The van der Waals surface area contributed by atoms with Gasteiger partial charge in [-0.25, -0.2) is 4.98 Å². The number of nitrogens with zero attached hydrogens (tertiary/aromatic N) is 1. The molecule has 0 aliphatic heterocycles. The van der Waals surface area contributed by atoms with E-state index in [2.05, 4.69) is 37.0 Å². The largest absolute Gasteiger partial charge is 0.330 e. The van der Waals surface area contributed by atoms with Crippen LogP contribution in [-0.2, 0) is 6.42 Å². The molecule has 0 amide bonds. The third kappa shape index (κ3) is 2.15. The highest BCUT2D eigenvalue weighted by atomic mass is 32.1. The molecule has 0 atom stereocenters. The number of benzene rings is 1. The van der Waals surface area contributed by atoms with E-state index in [1.807, 2.05) is 5.51 Å². The van der Waals surface area contributed by atoms with Gasteiger partial charge in [-0.3, -0.25) is 0 Å². The lowest BCUT2D eigenvalue weighted by atomic mass is 10.0. The standard InChI is InChI=1S/C13H16N2S/c1-9-3-4-10(2)11(7-9)13-12(5-6-14)16-8-15-13/h3-4,7-8H,5-6,14H2,1-2H3. The molecule has 0 spiro atoms. The van der Waals surface area contributed by atoms with Crippen LogP contribution in [0.2, 0.25) is 0 Å². The number of hydrogen-bond donors (Lipinski definition) is 1. The van der Waals surface area contributed by atoms with Crippen molar-refractivity contribution in [3.05, 3.63) is 39.7 Å². The molecule has 16 heavy (non-hydrogen) atoms. The lowest BCUT2D eigenvalue weighted by Gasteiger charge is -2.06. The number of thiazole rings is 1. The summed E-state index contributed by atoms with van der Waals surface area (Å²) < 4.78 is 0. The second-order valence-electron chi connectivity index (χ2n) is 3.98. The second kappa shape index (κ2) is 4.76. The SMILES string of the molecule is Cc1ccc(C)c(-c2ncsc2CCN)c1. The first-order valence-electron chi connectivity index (χ1n) is 5.42. The van der Waals surface area contributed by atoms with Crippen molar-refractivity contribution in [1.82, 2.24) is 4.98 Å². The average Bonchev–Trinajstić information content (AvgIpc) is 2.70. The van der Waals surface area contributed by atoms with Crippen molar-refractivity contribution >= 4 is 11.3 Å². The van der Waals surface area contributed by atoms with E-state index in [1.165, 1.54) is 21.6 Å². The van der Waals surface area contributed by atoms with Crippen LogP contribution in [0.4, 0.5) is 0 Å². The molecule has 0 fully saturated rings. The molecule has 3 heteroatoms. The Bertz CT molecular complexity index is 488. The van der Waals surface area contributed by atoms with E-state index in [0.29, 0.717) is 6.54 Å². The molecule has 0 radical (unpaired) electrons. The van der Waals surface area contributed by atoms with Crippen LogP contribution in [0.3, 0.4) is 0 Å². The molecule has 0 saturated heterocycles. The van der Waals surface area contributed by atoms with Gasteiger partial charge in [0.05, 0.1) is 11.2 Å². The van der Waals surface area contributed by atoms with Crippen molar-refractivity contribution in [3.8, 4) is 11.3 Å². The van der Waals surface area contributed by atoms with Gasteiger partial charge in [-0.1, -0.05) is 17.7 Å². The van der Waals surface area contributed by atoms with Gasteiger partial charge in [-0.05, 0) is 38.4 Å². The Morgan fingerprint density at radius 3 is 2.88 bits per heavy atom. The van der Waals surface area contributed by atoms with Crippen molar-refractivity contribution in [2.75, 3.05) is 6.54 Å². The van der Waals surface area contributed by atoms with Gasteiger partial charge < -0.3 is 5.73 Å². The monoisotopic (exact) mass is 232 g/mol. The smallest absolute Gasteiger partial charge is 0.0846 e. The fourth-order valence-electron chi connectivity index (χ4n) is 1.79. The Morgan fingerprint density at radius 1 is 1.31 bits per heavy atom. The van der Waals surface area contributed by atoms with Crippen LogP contribution in [0, 0.1) is 13.8 Å². The number of aromatic nitrogens is 1. The van der Waals surface area contributed by atoms with Crippen molar-refractivity contribution in [2.45, 2.75) is 20.3 Å². The van der Waals surface area contributed by atoms with Crippen LogP contribution in [0.25, 0.3) is 11.3 Å². The topological polar surface area (TPSA) is 38.9 Å². The number of nitrogens with two attached hydrogens (primary N) is 1. The first kappa shape index (κ1) is 11.3. The van der Waals surface area contributed by atoms with E-state index in [9.17, 15) is 0 Å². The van der Waals surface area contributed by atoms with E-state index in [0.717, 1.165) is 12.1 Å². The Labute approximate surface area is 100 Å². The molecule has 0 saturated carbocycles. The van der Waals surface area contributed by atoms with E-state index >= 15 is 0 Å². The van der Waals surface area contributed by atoms with Crippen LogP contribution < -0.4 is 5.73 Å². The zero-order valence-corrected chi connectivity index (χ0v) is 10.5.